The molecule has 92 valence electrons. The maximum atomic E-state index is 12.4. The Morgan fingerprint density at radius 2 is 2.17 bits per heavy atom. The van der Waals surface area contributed by atoms with Crippen molar-refractivity contribution < 1.29 is 4.79 Å². The summed E-state index contributed by atoms with van der Waals surface area (Å²) in [6.45, 7) is 1.69. The van der Waals surface area contributed by atoms with Gasteiger partial charge in [-0.05, 0) is 17.2 Å². The molecule has 4 nitrogen and oxygen atoms in total. The van der Waals surface area contributed by atoms with Crippen LogP contribution in [0.2, 0.25) is 5.02 Å². The smallest absolute Gasteiger partial charge is 0.212 e. The Bertz CT molecular complexity index is 614. The van der Waals surface area contributed by atoms with Crippen LogP contribution in [0.15, 0.2) is 24.4 Å². The van der Waals surface area contributed by atoms with Crippen LogP contribution in [0.3, 0.4) is 0 Å². The van der Waals surface area contributed by atoms with E-state index in [0.717, 1.165) is 13.1 Å². The van der Waals surface area contributed by atoms with Crippen LogP contribution in [0.5, 0.6) is 0 Å². The fraction of sp³-hybridized carbons (Fsp3) is 0.231. The number of aromatic nitrogens is 2. The zero-order chi connectivity index (χ0) is 12.7. The summed E-state index contributed by atoms with van der Waals surface area (Å²) in [6, 6.07) is 5.77. The molecule has 1 aromatic heterocycles. The van der Waals surface area contributed by atoms with Gasteiger partial charge in [0.1, 0.15) is 5.69 Å². The highest BCUT2D eigenvalue weighted by Gasteiger charge is 2.19. The minimum atomic E-state index is -0.0882. The van der Waals surface area contributed by atoms with Crippen molar-refractivity contribution in [2.75, 3.05) is 0 Å². The standard InChI is InChI=1S/C13H12ClN3O/c1-17-12(11(14)7-16-17)13(18)8-2-3-9-5-15-6-10(9)4-8/h2-4,7,15H,5-6H2,1H3. The molecule has 0 saturated carbocycles. The Morgan fingerprint density at radius 3 is 2.89 bits per heavy atom. The van der Waals surface area contributed by atoms with Gasteiger partial charge in [0.15, 0.2) is 0 Å². The summed E-state index contributed by atoms with van der Waals surface area (Å²) in [5.41, 5.74) is 3.52. The van der Waals surface area contributed by atoms with E-state index in [1.807, 2.05) is 18.2 Å². The molecule has 18 heavy (non-hydrogen) atoms. The first-order valence-electron chi connectivity index (χ1n) is 5.71. The molecular weight excluding hydrogens is 250 g/mol. The third-order valence-electron chi connectivity index (χ3n) is 3.21. The van der Waals surface area contributed by atoms with Gasteiger partial charge in [0.05, 0.1) is 11.2 Å². The van der Waals surface area contributed by atoms with E-state index in [9.17, 15) is 4.79 Å². The highest BCUT2D eigenvalue weighted by Crippen LogP contribution is 2.22. The number of carbonyl (C=O) groups is 1. The monoisotopic (exact) mass is 261 g/mol. The summed E-state index contributed by atoms with van der Waals surface area (Å²) in [5, 5.41) is 7.63. The lowest BCUT2D eigenvalue weighted by Gasteiger charge is -2.05. The van der Waals surface area contributed by atoms with Crippen LogP contribution < -0.4 is 5.32 Å². The van der Waals surface area contributed by atoms with E-state index in [2.05, 4.69) is 10.4 Å². The number of nitrogens with zero attached hydrogens (tertiary/aromatic N) is 2. The summed E-state index contributed by atoms with van der Waals surface area (Å²) in [6.07, 6.45) is 1.49. The van der Waals surface area contributed by atoms with Gasteiger partial charge >= 0.3 is 0 Å². The summed E-state index contributed by atoms with van der Waals surface area (Å²) >= 11 is 5.99. The Labute approximate surface area is 110 Å². The highest BCUT2D eigenvalue weighted by atomic mass is 35.5. The second-order valence-electron chi connectivity index (χ2n) is 4.38. The van der Waals surface area contributed by atoms with Gasteiger partial charge in [0.25, 0.3) is 0 Å². The normalized spacial score (nSPS) is 13.7. The minimum Gasteiger partial charge on any atom is -0.309 e. The van der Waals surface area contributed by atoms with Crippen molar-refractivity contribution >= 4 is 17.4 Å². The van der Waals surface area contributed by atoms with Gasteiger partial charge in [-0.2, -0.15) is 5.10 Å². The van der Waals surface area contributed by atoms with E-state index in [0.29, 0.717) is 16.3 Å². The molecule has 0 saturated heterocycles. The number of halogens is 1. The van der Waals surface area contributed by atoms with Crippen LogP contribution in [0.25, 0.3) is 0 Å². The SMILES string of the molecule is Cn1ncc(Cl)c1C(=O)c1ccc2c(c1)CNC2. The molecule has 0 fully saturated rings. The maximum absolute atomic E-state index is 12.4. The molecule has 0 amide bonds. The molecule has 0 atom stereocenters. The number of nitrogens with one attached hydrogen (secondary N) is 1. The van der Waals surface area contributed by atoms with Gasteiger partial charge in [-0.25, -0.2) is 0 Å². The summed E-state index contributed by atoms with van der Waals surface area (Å²) in [4.78, 5) is 12.4. The maximum Gasteiger partial charge on any atom is 0.212 e. The average Bonchev–Trinajstić information content (AvgIpc) is 2.94. The highest BCUT2D eigenvalue weighted by molar-refractivity contribution is 6.34. The van der Waals surface area contributed by atoms with Crippen LogP contribution >= 0.6 is 11.6 Å². The van der Waals surface area contributed by atoms with Gasteiger partial charge in [0, 0.05) is 25.7 Å². The van der Waals surface area contributed by atoms with Crippen molar-refractivity contribution in [2.45, 2.75) is 13.1 Å². The zero-order valence-electron chi connectivity index (χ0n) is 9.90. The molecule has 0 bridgehead atoms. The third-order valence-corrected chi connectivity index (χ3v) is 3.49. The molecule has 0 unspecified atom stereocenters. The number of carbonyl (C=O) groups excluding carboxylic acids is 1. The largest absolute Gasteiger partial charge is 0.309 e. The molecule has 0 aliphatic carbocycles. The van der Waals surface area contributed by atoms with Crippen molar-refractivity contribution in [3.05, 3.63) is 51.8 Å². The number of ketones is 1. The van der Waals surface area contributed by atoms with Crippen LogP contribution in [0.4, 0.5) is 0 Å². The van der Waals surface area contributed by atoms with Crippen molar-refractivity contribution in [1.29, 1.82) is 0 Å². The predicted molar refractivity (Wildman–Crippen MR) is 68.6 cm³/mol. The van der Waals surface area contributed by atoms with E-state index in [1.165, 1.54) is 22.0 Å². The molecule has 0 radical (unpaired) electrons. The molecule has 1 aliphatic rings. The Balaban J connectivity index is 2.03. The van der Waals surface area contributed by atoms with Gasteiger partial charge in [-0.3, -0.25) is 9.48 Å². The number of rotatable bonds is 2. The second-order valence-corrected chi connectivity index (χ2v) is 4.79. The molecule has 1 aromatic carbocycles. The first-order valence-corrected chi connectivity index (χ1v) is 6.09. The van der Waals surface area contributed by atoms with Crippen molar-refractivity contribution in [1.82, 2.24) is 15.1 Å². The van der Waals surface area contributed by atoms with Crippen molar-refractivity contribution in [2.24, 2.45) is 7.05 Å². The number of fused-ring (bicyclic) bond motifs is 1. The molecule has 3 rings (SSSR count). The molecule has 1 N–H and O–H groups in total. The zero-order valence-corrected chi connectivity index (χ0v) is 10.7. The first kappa shape index (κ1) is 11.4. The van der Waals surface area contributed by atoms with E-state index in [-0.39, 0.29) is 5.78 Å². The summed E-state index contributed by atoms with van der Waals surface area (Å²) < 4.78 is 1.51. The fourth-order valence-electron chi connectivity index (χ4n) is 2.24. The Kier molecular flexibility index (Phi) is 2.69. The van der Waals surface area contributed by atoms with E-state index >= 15 is 0 Å². The Hall–Kier alpha value is -1.65. The van der Waals surface area contributed by atoms with Gasteiger partial charge in [0.2, 0.25) is 5.78 Å². The molecule has 2 heterocycles. The summed E-state index contributed by atoms with van der Waals surface area (Å²) in [5.74, 6) is -0.0882. The van der Waals surface area contributed by atoms with Crippen LogP contribution in [0.1, 0.15) is 27.2 Å². The number of benzene rings is 1. The van der Waals surface area contributed by atoms with Crippen molar-refractivity contribution in [3.63, 3.8) is 0 Å². The predicted octanol–water partition coefficient (Wildman–Crippen LogP) is 1.91. The van der Waals surface area contributed by atoms with Gasteiger partial charge in [-0.15, -0.1) is 0 Å². The van der Waals surface area contributed by atoms with E-state index in [1.54, 1.807) is 7.05 Å². The quantitative estimate of drug-likeness (QED) is 0.840. The summed E-state index contributed by atoms with van der Waals surface area (Å²) in [7, 11) is 1.72. The average molecular weight is 262 g/mol. The minimum absolute atomic E-state index is 0.0882. The van der Waals surface area contributed by atoms with Crippen LogP contribution in [-0.2, 0) is 20.1 Å². The molecule has 5 heteroatoms. The first-order chi connectivity index (χ1) is 8.66. The number of hydrogen-bond donors (Lipinski definition) is 1. The molecule has 2 aromatic rings. The lowest BCUT2D eigenvalue weighted by atomic mass is 10.0. The van der Waals surface area contributed by atoms with E-state index in [4.69, 9.17) is 11.6 Å². The van der Waals surface area contributed by atoms with Crippen LogP contribution in [-0.4, -0.2) is 15.6 Å². The lowest BCUT2D eigenvalue weighted by Crippen LogP contribution is -2.09. The topological polar surface area (TPSA) is 46.9 Å². The van der Waals surface area contributed by atoms with Gasteiger partial charge in [-0.1, -0.05) is 23.7 Å². The molecule has 0 spiro atoms. The molecular formula is C13H12ClN3O. The fourth-order valence-corrected chi connectivity index (χ4v) is 2.49. The number of hydrogen-bond acceptors (Lipinski definition) is 3. The van der Waals surface area contributed by atoms with Crippen molar-refractivity contribution in [3.8, 4) is 0 Å². The van der Waals surface area contributed by atoms with Crippen LogP contribution in [0, 0.1) is 0 Å². The lowest BCUT2D eigenvalue weighted by molar-refractivity contribution is 0.103. The number of aryl methyl sites for hydroxylation is 1. The van der Waals surface area contributed by atoms with E-state index < -0.39 is 0 Å². The van der Waals surface area contributed by atoms with Gasteiger partial charge < -0.3 is 5.32 Å². The second kappa shape index (κ2) is 4.23. The third kappa shape index (κ3) is 1.74. The molecule has 1 aliphatic heterocycles. The Morgan fingerprint density at radius 1 is 1.39 bits per heavy atom.